The van der Waals surface area contributed by atoms with E-state index in [0.717, 1.165) is 6.54 Å². The number of hydrogen-bond donors (Lipinski definition) is 1. The van der Waals surface area contributed by atoms with Gasteiger partial charge in [-0.2, -0.15) is 0 Å². The quantitative estimate of drug-likeness (QED) is 0.876. The van der Waals surface area contributed by atoms with Crippen molar-refractivity contribution in [2.75, 3.05) is 6.54 Å². The summed E-state index contributed by atoms with van der Waals surface area (Å²) in [6.45, 7) is 2.95. The molecule has 1 heterocycles. The Morgan fingerprint density at radius 2 is 2.00 bits per heavy atom. The summed E-state index contributed by atoms with van der Waals surface area (Å²) in [5.74, 6) is 0.431. The molecule has 0 aliphatic heterocycles. The Kier molecular flexibility index (Phi) is 3.61. The van der Waals surface area contributed by atoms with Gasteiger partial charge in [0.15, 0.2) is 0 Å². The van der Waals surface area contributed by atoms with Gasteiger partial charge in [0, 0.05) is 12.2 Å². The van der Waals surface area contributed by atoms with Crippen LogP contribution in [-0.2, 0) is 0 Å². The van der Waals surface area contributed by atoms with E-state index in [2.05, 4.69) is 42.0 Å². The van der Waals surface area contributed by atoms with Crippen molar-refractivity contribution < 1.29 is 0 Å². The summed E-state index contributed by atoms with van der Waals surface area (Å²) in [6, 6.07) is 9.59. The smallest absolute Gasteiger partial charge is 0.0518 e. The summed E-state index contributed by atoms with van der Waals surface area (Å²) in [5, 5.41) is 1.36. The molecule has 0 spiro atoms. The minimum absolute atomic E-state index is 0.431. The van der Waals surface area contributed by atoms with Crippen molar-refractivity contribution in [1.82, 2.24) is 4.57 Å². The Labute approximate surface area is 115 Å². The maximum Gasteiger partial charge on any atom is 0.0518 e. The van der Waals surface area contributed by atoms with E-state index in [-0.39, 0.29) is 0 Å². The number of fused-ring (bicyclic) bond motifs is 1. The predicted octanol–water partition coefficient (Wildman–Crippen LogP) is 4.21. The Morgan fingerprint density at radius 1 is 1.21 bits per heavy atom. The normalized spacial score (nSPS) is 18.8. The van der Waals surface area contributed by atoms with Crippen LogP contribution in [0.3, 0.4) is 0 Å². The Morgan fingerprint density at radius 3 is 2.74 bits per heavy atom. The van der Waals surface area contributed by atoms with Crippen molar-refractivity contribution in [1.29, 1.82) is 0 Å². The Bertz CT molecular complexity index is 549. The zero-order chi connectivity index (χ0) is 13.2. The van der Waals surface area contributed by atoms with E-state index in [4.69, 9.17) is 5.73 Å². The van der Waals surface area contributed by atoms with Gasteiger partial charge < -0.3 is 10.3 Å². The van der Waals surface area contributed by atoms with Crippen LogP contribution in [0.5, 0.6) is 0 Å². The molecule has 1 aromatic heterocycles. The van der Waals surface area contributed by atoms with Crippen LogP contribution < -0.4 is 5.73 Å². The SMILES string of the molecule is CC(CN)c1cccc2ccn(C3CCCCC3)c12. The number of aromatic nitrogens is 1. The molecule has 2 N–H and O–H groups in total. The molecule has 19 heavy (non-hydrogen) atoms. The van der Waals surface area contributed by atoms with Gasteiger partial charge in [-0.25, -0.2) is 0 Å². The fourth-order valence-corrected chi connectivity index (χ4v) is 3.44. The summed E-state index contributed by atoms with van der Waals surface area (Å²) in [5.41, 5.74) is 8.72. The second kappa shape index (κ2) is 5.38. The topological polar surface area (TPSA) is 30.9 Å². The number of benzene rings is 1. The molecule has 0 radical (unpaired) electrons. The monoisotopic (exact) mass is 256 g/mol. The number of rotatable bonds is 3. The lowest BCUT2D eigenvalue weighted by atomic mass is 9.94. The first-order chi connectivity index (χ1) is 9.31. The molecular weight excluding hydrogens is 232 g/mol. The van der Waals surface area contributed by atoms with Crippen molar-refractivity contribution in [3.05, 3.63) is 36.0 Å². The lowest BCUT2D eigenvalue weighted by Crippen LogP contribution is -2.14. The third-order valence-corrected chi connectivity index (χ3v) is 4.62. The zero-order valence-corrected chi connectivity index (χ0v) is 11.8. The van der Waals surface area contributed by atoms with E-state index in [1.54, 1.807) is 0 Å². The highest BCUT2D eigenvalue weighted by Gasteiger charge is 2.19. The molecule has 0 saturated heterocycles. The van der Waals surface area contributed by atoms with Gasteiger partial charge in [0.25, 0.3) is 0 Å². The van der Waals surface area contributed by atoms with Crippen molar-refractivity contribution in [2.45, 2.75) is 51.0 Å². The fraction of sp³-hybridized carbons (Fsp3) is 0.529. The van der Waals surface area contributed by atoms with Crippen LogP contribution in [0, 0.1) is 0 Å². The molecule has 2 heteroatoms. The minimum atomic E-state index is 0.431. The molecule has 1 fully saturated rings. The third kappa shape index (κ3) is 2.30. The zero-order valence-electron chi connectivity index (χ0n) is 11.8. The van der Waals surface area contributed by atoms with Crippen LogP contribution >= 0.6 is 0 Å². The molecule has 0 bridgehead atoms. The molecule has 1 atom stereocenters. The van der Waals surface area contributed by atoms with E-state index in [1.165, 1.54) is 48.6 Å². The van der Waals surface area contributed by atoms with Gasteiger partial charge in [0.05, 0.1) is 5.52 Å². The highest BCUT2D eigenvalue weighted by Crippen LogP contribution is 2.34. The van der Waals surface area contributed by atoms with Crippen LogP contribution in [0.1, 0.15) is 56.6 Å². The van der Waals surface area contributed by atoms with Crippen molar-refractivity contribution in [3.8, 4) is 0 Å². The van der Waals surface area contributed by atoms with Gasteiger partial charge in [0.1, 0.15) is 0 Å². The van der Waals surface area contributed by atoms with Gasteiger partial charge in [-0.05, 0) is 42.3 Å². The fourth-order valence-electron chi connectivity index (χ4n) is 3.44. The first kappa shape index (κ1) is 12.7. The molecule has 3 rings (SSSR count). The van der Waals surface area contributed by atoms with Crippen molar-refractivity contribution in [3.63, 3.8) is 0 Å². The van der Waals surface area contributed by atoms with E-state index in [1.807, 2.05) is 0 Å². The molecule has 1 unspecified atom stereocenters. The largest absolute Gasteiger partial charge is 0.344 e. The lowest BCUT2D eigenvalue weighted by molar-refractivity contribution is 0.360. The van der Waals surface area contributed by atoms with Crippen molar-refractivity contribution >= 4 is 10.9 Å². The molecule has 2 aromatic rings. The van der Waals surface area contributed by atoms with Crippen LogP contribution in [0.15, 0.2) is 30.5 Å². The van der Waals surface area contributed by atoms with Gasteiger partial charge in [-0.1, -0.05) is 44.4 Å². The lowest BCUT2D eigenvalue weighted by Gasteiger charge is -2.25. The number of nitrogens with zero attached hydrogens (tertiary/aromatic N) is 1. The Hall–Kier alpha value is -1.28. The summed E-state index contributed by atoms with van der Waals surface area (Å²) < 4.78 is 2.52. The standard InChI is InChI=1S/C17H24N2/c1-13(12-18)16-9-5-6-14-10-11-19(17(14)16)15-7-3-2-4-8-15/h5-6,9-11,13,15H,2-4,7-8,12,18H2,1H3. The van der Waals surface area contributed by atoms with Gasteiger partial charge >= 0.3 is 0 Å². The molecule has 1 aromatic carbocycles. The van der Waals surface area contributed by atoms with Crippen LogP contribution in [0.2, 0.25) is 0 Å². The minimum Gasteiger partial charge on any atom is -0.344 e. The average Bonchev–Trinajstić information content (AvgIpc) is 2.91. The van der Waals surface area contributed by atoms with E-state index < -0.39 is 0 Å². The molecule has 102 valence electrons. The van der Waals surface area contributed by atoms with Gasteiger partial charge in [0.2, 0.25) is 0 Å². The van der Waals surface area contributed by atoms with Gasteiger partial charge in [-0.15, -0.1) is 0 Å². The van der Waals surface area contributed by atoms with E-state index in [0.29, 0.717) is 12.0 Å². The van der Waals surface area contributed by atoms with E-state index in [9.17, 15) is 0 Å². The molecule has 1 aliphatic rings. The Balaban J connectivity index is 2.09. The second-order valence-corrected chi connectivity index (χ2v) is 5.94. The average molecular weight is 256 g/mol. The van der Waals surface area contributed by atoms with Crippen LogP contribution in [0.25, 0.3) is 10.9 Å². The van der Waals surface area contributed by atoms with Crippen LogP contribution in [0.4, 0.5) is 0 Å². The second-order valence-electron chi connectivity index (χ2n) is 5.94. The highest BCUT2D eigenvalue weighted by atomic mass is 15.0. The summed E-state index contributed by atoms with van der Waals surface area (Å²) >= 11 is 0. The predicted molar refractivity (Wildman–Crippen MR) is 81.5 cm³/mol. The first-order valence-corrected chi connectivity index (χ1v) is 7.61. The highest BCUT2D eigenvalue weighted by molar-refractivity contribution is 5.84. The van der Waals surface area contributed by atoms with E-state index >= 15 is 0 Å². The third-order valence-electron chi connectivity index (χ3n) is 4.62. The molecule has 2 nitrogen and oxygen atoms in total. The maximum atomic E-state index is 5.88. The molecule has 1 saturated carbocycles. The molecule has 1 aliphatic carbocycles. The number of hydrogen-bond acceptors (Lipinski definition) is 1. The summed E-state index contributed by atoms with van der Waals surface area (Å²) in [6.07, 6.45) is 9.09. The number of para-hydroxylation sites is 1. The summed E-state index contributed by atoms with van der Waals surface area (Å²) in [7, 11) is 0. The van der Waals surface area contributed by atoms with Gasteiger partial charge in [-0.3, -0.25) is 0 Å². The summed E-state index contributed by atoms with van der Waals surface area (Å²) in [4.78, 5) is 0. The maximum absolute atomic E-state index is 5.88. The molecule has 0 amide bonds. The first-order valence-electron chi connectivity index (χ1n) is 7.61. The number of nitrogens with two attached hydrogens (primary N) is 1. The van der Waals surface area contributed by atoms with Crippen LogP contribution in [-0.4, -0.2) is 11.1 Å². The molecular formula is C17H24N2. The van der Waals surface area contributed by atoms with Crippen molar-refractivity contribution in [2.24, 2.45) is 5.73 Å².